The van der Waals surface area contributed by atoms with E-state index in [0.29, 0.717) is 15.4 Å². The first-order chi connectivity index (χ1) is 7.91. The summed E-state index contributed by atoms with van der Waals surface area (Å²) < 4.78 is 0.547. The highest BCUT2D eigenvalue weighted by Gasteiger charge is 2.16. The molecule has 1 aromatic heterocycles. The summed E-state index contributed by atoms with van der Waals surface area (Å²) in [7, 11) is 0. The summed E-state index contributed by atoms with van der Waals surface area (Å²) in [5.74, 6) is 0.401. The summed E-state index contributed by atoms with van der Waals surface area (Å²) in [6.07, 6.45) is 1.34. The van der Waals surface area contributed by atoms with E-state index in [4.69, 9.17) is 11.6 Å². The van der Waals surface area contributed by atoms with Gasteiger partial charge in [0.05, 0.1) is 4.47 Å². The Labute approximate surface area is 113 Å². The molecule has 0 radical (unpaired) electrons. The van der Waals surface area contributed by atoms with Gasteiger partial charge in [0.2, 0.25) is 5.91 Å². The SMILES string of the molecule is CC(C)NC(=O)C(C)Nc1ncnc(Cl)c1Br. The van der Waals surface area contributed by atoms with E-state index >= 15 is 0 Å². The number of carbonyl (C=O) groups excluding carboxylic acids is 1. The van der Waals surface area contributed by atoms with E-state index in [2.05, 4.69) is 36.5 Å². The molecule has 2 N–H and O–H groups in total. The molecule has 1 rings (SSSR count). The van der Waals surface area contributed by atoms with E-state index in [1.807, 2.05) is 13.8 Å². The summed E-state index contributed by atoms with van der Waals surface area (Å²) in [5, 5.41) is 6.07. The lowest BCUT2D eigenvalue weighted by atomic mass is 10.3. The van der Waals surface area contributed by atoms with Crippen molar-refractivity contribution in [2.75, 3.05) is 5.32 Å². The zero-order valence-corrected chi connectivity index (χ0v) is 12.1. The van der Waals surface area contributed by atoms with E-state index in [1.54, 1.807) is 6.92 Å². The molecule has 5 nitrogen and oxygen atoms in total. The Morgan fingerprint density at radius 2 is 2.06 bits per heavy atom. The fourth-order valence-corrected chi connectivity index (χ4v) is 1.58. The van der Waals surface area contributed by atoms with Gasteiger partial charge in [-0.05, 0) is 36.7 Å². The summed E-state index contributed by atoms with van der Waals surface area (Å²) in [6, 6.07) is -0.302. The fourth-order valence-electron chi connectivity index (χ4n) is 1.13. The molecule has 0 saturated heterocycles. The molecule has 0 aromatic carbocycles. The van der Waals surface area contributed by atoms with Gasteiger partial charge in [0, 0.05) is 6.04 Å². The van der Waals surface area contributed by atoms with Crippen molar-refractivity contribution in [3.8, 4) is 0 Å². The molecule has 1 heterocycles. The Hall–Kier alpha value is -0.880. The van der Waals surface area contributed by atoms with E-state index in [9.17, 15) is 4.79 Å². The number of aromatic nitrogens is 2. The Morgan fingerprint density at radius 3 is 2.65 bits per heavy atom. The smallest absolute Gasteiger partial charge is 0.242 e. The zero-order valence-electron chi connectivity index (χ0n) is 9.79. The molecule has 0 saturated carbocycles. The molecule has 0 aliphatic carbocycles. The molecule has 1 amide bonds. The van der Waals surface area contributed by atoms with Crippen LogP contribution in [0.5, 0.6) is 0 Å². The van der Waals surface area contributed by atoms with Gasteiger partial charge in [0.15, 0.2) is 0 Å². The third kappa shape index (κ3) is 4.12. The van der Waals surface area contributed by atoms with Crippen molar-refractivity contribution >= 4 is 39.3 Å². The second-order valence-corrected chi connectivity index (χ2v) is 5.01. The number of nitrogens with one attached hydrogen (secondary N) is 2. The number of hydrogen-bond donors (Lipinski definition) is 2. The minimum atomic E-state index is -0.403. The largest absolute Gasteiger partial charge is 0.358 e. The Balaban J connectivity index is 2.71. The fraction of sp³-hybridized carbons (Fsp3) is 0.500. The lowest BCUT2D eigenvalue weighted by Gasteiger charge is -2.17. The van der Waals surface area contributed by atoms with Gasteiger partial charge >= 0.3 is 0 Å². The molecule has 0 spiro atoms. The van der Waals surface area contributed by atoms with Crippen LogP contribution in [0.3, 0.4) is 0 Å². The molecule has 17 heavy (non-hydrogen) atoms. The number of anilines is 1. The Kier molecular flexibility index (Phi) is 5.14. The van der Waals surface area contributed by atoms with Crippen LogP contribution in [0, 0.1) is 0 Å². The van der Waals surface area contributed by atoms with Crippen molar-refractivity contribution in [1.29, 1.82) is 0 Å². The number of carbonyl (C=O) groups is 1. The second kappa shape index (κ2) is 6.16. The van der Waals surface area contributed by atoms with Crippen molar-refractivity contribution in [3.05, 3.63) is 16.0 Å². The summed E-state index contributed by atoms with van der Waals surface area (Å²) >= 11 is 9.08. The first-order valence-electron chi connectivity index (χ1n) is 5.14. The summed E-state index contributed by atoms with van der Waals surface area (Å²) in [5.41, 5.74) is 0. The molecule has 0 fully saturated rings. The van der Waals surface area contributed by atoms with Crippen LogP contribution in [0.4, 0.5) is 5.82 Å². The van der Waals surface area contributed by atoms with Gasteiger partial charge in [-0.3, -0.25) is 4.79 Å². The van der Waals surface area contributed by atoms with Gasteiger partial charge in [-0.25, -0.2) is 9.97 Å². The van der Waals surface area contributed by atoms with E-state index in [0.717, 1.165) is 0 Å². The maximum Gasteiger partial charge on any atom is 0.242 e. The molecule has 7 heteroatoms. The first-order valence-corrected chi connectivity index (χ1v) is 6.31. The zero-order chi connectivity index (χ0) is 13.0. The predicted octanol–water partition coefficient (Wildman–Crippen LogP) is 2.22. The standard InChI is InChI=1S/C10H14BrClN4O/c1-5(2)15-10(17)6(3)16-9-7(11)8(12)13-4-14-9/h4-6H,1-3H3,(H,15,17)(H,13,14,16). The van der Waals surface area contributed by atoms with Crippen LogP contribution in [-0.4, -0.2) is 28.0 Å². The topological polar surface area (TPSA) is 66.9 Å². The van der Waals surface area contributed by atoms with Crippen LogP contribution in [0.15, 0.2) is 10.8 Å². The third-order valence-electron chi connectivity index (χ3n) is 1.92. The number of nitrogens with zero attached hydrogens (tertiary/aromatic N) is 2. The molecule has 0 aliphatic rings. The molecule has 0 aliphatic heterocycles. The number of hydrogen-bond acceptors (Lipinski definition) is 4. The van der Waals surface area contributed by atoms with E-state index < -0.39 is 6.04 Å². The van der Waals surface area contributed by atoms with Crippen molar-refractivity contribution < 1.29 is 4.79 Å². The highest BCUT2D eigenvalue weighted by molar-refractivity contribution is 9.10. The predicted molar refractivity (Wildman–Crippen MR) is 71.1 cm³/mol. The number of rotatable bonds is 4. The van der Waals surface area contributed by atoms with Gasteiger partial charge in [-0.2, -0.15) is 0 Å². The highest BCUT2D eigenvalue weighted by atomic mass is 79.9. The van der Waals surface area contributed by atoms with Crippen molar-refractivity contribution in [3.63, 3.8) is 0 Å². The Bertz CT molecular complexity index is 413. The third-order valence-corrected chi connectivity index (χ3v) is 3.19. The van der Waals surface area contributed by atoms with Crippen molar-refractivity contribution in [2.45, 2.75) is 32.9 Å². The molecular weight excluding hydrogens is 307 g/mol. The van der Waals surface area contributed by atoms with Crippen LogP contribution >= 0.6 is 27.5 Å². The minimum Gasteiger partial charge on any atom is -0.358 e. The lowest BCUT2D eigenvalue weighted by molar-refractivity contribution is -0.122. The van der Waals surface area contributed by atoms with Gasteiger partial charge < -0.3 is 10.6 Å². The normalized spacial score (nSPS) is 12.4. The minimum absolute atomic E-state index is 0.0957. The first kappa shape index (κ1) is 14.2. The van der Waals surface area contributed by atoms with E-state index in [-0.39, 0.29) is 11.9 Å². The molecule has 94 valence electrons. The van der Waals surface area contributed by atoms with Crippen molar-refractivity contribution in [1.82, 2.24) is 15.3 Å². The highest BCUT2D eigenvalue weighted by Crippen LogP contribution is 2.26. The summed E-state index contributed by atoms with van der Waals surface area (Å²) in [4.78, 5) is 19.5. The molecule has 1 aromatic rings. The maximum absolute atomic E-state index is 11.7. The van der Waals surface area contributed by atoms with Gasteiger partial charge in [0.25, 0.3) is 0 Å². The molecular formula is C10H14BrClN4O. The maximum atomic E-state index is 11.7. The van der Waals surface area contributed by atoms with E-state index in [1.165, 1.54) is 6.33 Å². The summed E-state index contributed by atoms with van der Waals surface area (Å²) in [6.45, 7) is 5.56. The number of halogens is 2. The average molecular weight is 322 g/mol. The molecule has 0 bridgehead atoms. The van der Waals surface area contributed by atoms with Crippen LogP contribution < -0.4 is 10.6 Å². The molecule has 1 atom stereocenters. The van der Waals surface area contributed by atoms with Crippen LogP contribution in [0.25, 0.3) is 0 Å². The van der Waals surface area contributed by atoms with Gasteiger partial charge in [-0.1, -0.05) is 11.6 Å². The lowest BCUT2D eigenvalue weighted by Crippen LogP contribution is -2.41. The van der Waals surface area contributed by atoms with Crippen LogP contribution in [0.1, 0.15) is 20.8 Å². The van der Waals surface area contributed by atoms with Gasteiger partial charge in [0.1, 0.15) is 23.3 Å². The van der Waals surface area contributed by atoms with Gasteiger partial charge in [-0.15, -0.1) is 0 Å². The second-order valence-electron chi connectivity index (χ2n) is 3.86. The Morgan fingerprint density at radius 1 is 1.41 bits per heavy atom. The monoisotopic (exact) mass is 320 g/mol. The number of amides is 1. The quantitative estimate of drug-likeness (QED) is 0.835. The van der Waals surface area contributed by atoms with Crippen molar-refractivity contribution in [2.24, 2.45) is 0 Å². The average Bonchev–Trinajstić information content (AvgIpc) is 2.23. The van der Waals surface area contributed by atoms with Crippen LogP contribution in [0.2, 0.25) is 5.15 Å². The van der Waals surface area contributed by atoms with Crippen LogP contribution in [-0.2, 0) is 4.79 Å². The molecule has 1 unspecified atom stereocenters.